The van der Waals surface area contributed by atoms with Gasteiger partial charge in [0.1, 0.15) is 0 Å². The minimum absolute atomic E-state index is 0.000308. The lowest BCUT2D eigenvalue weighted by molar-refractivity contribution is -0.134. The summed E-state index contributed by atoms with van der Waals surface area (Å²) >= 11 is 0. The van der Waals surface area contributed by atoms with E-state index in [1.165, 1.54) is 10.4 Å². The Labute approximate surface area is 132 Å². The van der Waals surface area contributed by atoms with Crippen molar-refractivity contribution in [1.82, 2.24) is 4.81 Å². The molecule has 1 saturated carbocycles. The highest BCUT2D eigenvalue weighted by Gasteiger charge is 2.51. The van der Waals surface area contributed by atoms with Crippen molar-refractivity contribution in [1.29, 1.82) is 0 Å². The first-order valence-corrected chi connectivity index (χ1v) is 7.98. The second-order valence-electron chi connectivity index (χ2n) is 7.06. The minimum atomic E-state index is -0.139. The van der Waals surface area contributed by atoms with Crippen molar-refractivity contribution in [2.75, 3.05) is 0 Å². The van der Waals surface area contributed by atoms with E-state index < -0.39 is 0 Å². The van der Waals surface area contributed by atoms with Crippen LogP contribution < -0.4 is 0 Å². The van der Waals surface area contributed by atoms with Gasteiger partial charge in [0.15, 0.2) is 0 Å². The molecule has 0 aromatic heterocycles. The fraction of sp³-hybridized carbons (Fsp3) is 0.444. The van der Waals surface area contributed by atoms with Crippen LogP contribution in [0, 0.1) is 17.8 Å². The third kappa shape index (κ3) is 2.41. The van der Waals surface area contributed by atoms with Crippen molar-refractivity contribution in [3.63, 3.8) is 0 Å². The lowest BCUT2D eigenvalue weighted by Gasteiger charge is -2.22. The number of hydrogen-bond acceptors (Lipinski definition) is 2. The second kappa shape index (κ2) is 5.42. The average molecular weight is 295 g/mol. The Kier molecular flexibility index (Phi) is 3.71. The van der Waals surface area contributed by atoms with Gasteiger partial charge in [0.2, 0.25) is 19.8 Å². The molecule has 0 radical (unpaired) electrons. The second-order valence-corrected chi connectivity index (χ2v) is 7.06. The predicted octanol–water partition coefficient (Wildman–Crippen LogP) is 2.08. The van der Waals surface area contributed by atoms with E-state index in [2.05, 4.69) is 38.1 Å². The molecule has 0 spiro atoms. The lowest BCUT2D eigenvalue weighted by atomic mass is 9.82. The van der Waals surface area contributed by atoms with Crippen molar-refractivity contribution in [3.05, 3.63) is 48.0 Å². The summed E-state index contributed by atoms with van der Waals surface area (Å²) in [4.78, 5) is 25.6. The largest absolute Gasteiger partial charge is 0.336 e. The number of rotatable bonds is 3. The summed E-state index contributed by atoms with van der Waals surface area (Å²) in [5, 5.41) is 0. The van der Waals surface area contributed by atoms with Gasteiger partial charge in [0.25, 0.3) is 0 Å². The molecule has 3 unspecified atom stereocenters. The highest BCUT2D eigenvalue weighted by Crippen LogP contribution is 2.44. The molecule has 1 aliphatic heterocycles. The monoisotopic (exact) mass is 295 g/mol. The molecule has 1 aliphatic carbocycles. The van der Waals surface area contributed by atoms with Gasteiger partial charge in [-0.25, -0.2) is 0 Å². The topological polar surface area (TPSA) is 37.4 Å². The van der Waals surface area contributed by atoms with Gasteiger partial charge >= 0.3 is 0 Å². The summed E-state index contributed by atoms with van der Waals surface area (Å²) in [6.07, 6.45) is 6.13. The van der Waals surface area contributed by atoms with Crippen LogP contribution in [-0.2, 0) is 15.0 Å². The molecule has 1 heterocycles. The molecular formula is C18H22BNO2. The SMILES string of the molecule is BN1C(=O)C2CCC(/C=C/C(C)(C)c3ccccc3)C2C1=O. The highest BCUT2D eigenvalue weighted by molar-refractivity contribution is 6.28. The van der Waals surface area contributed by atoms with Crippen molar-refractivity contribution < 1.29 is 9.59 Å². The van der Waals surface area contributed by atoms with Crippen LogP contribution in [0.5, 0.6) is 0 Å². The van der Waals surface area contributed by atoms with Crippen molar-refractivity contribution in [2.45, 2.75) is 32.1 Å². The Bertz CT molecular complexity index is 623. The molecule has 114 valence electrons. The van der Waals surface area contributed by atoms with E-state index in [4.69, 9.17) is 0 Å². The van der Waals surface area contributed by atoms with Gasteiger partial charge < -0.3 is 4.81 Å². The molecule has 1 aromatic rings. The number of carbonyl (C=O) groups excluding carboxylic acids is 2. The molecule has 0 bridgehead atoms. The van der Waals surface area contributed by atoms with Crippen LogP contribution in [0.1, 0.15) is 32.3 Å². The van der Waals surface area contributed by atoms with Crippen LogP contribution >= 0.6 is 0 Å². The van der Waals surface area contributed by atoms with E-state index in [1.54, 1.807) is 7.98 Å². The first-order valence-electron chi connectivity index (χ1n) is 7.98. The molecule has 3 nitrogen and oxygen atoms in total. The fourth-order valence-corrected chi connectivity index (χ4v) is 3.79. The van der Waals surface area contributed by atoms with Gasteiger partial charge in [-0.05, 0) is 24.3 Å². The van der Waals surface area contributed by atoms with Crippen LogP contribution in [0.3, 0.4) is 0 Å². The maximum atomic E-state index is 12.3. The van der Waals surface area contributed by atoms with Crippen molar-refractivity contribution >= 4 is 19.8 Å². The summed E-state index contributed by atoms with van der Waals surface area (Å²) < 4.78 is 0. The Hall–Kier alpha value is -1.84. The summed E-state index contributed by atoms with van der Waals surface area (Å²) in [5.41, 5.74) is 1.18. The van der Waals surface area contributed by atoms with Gasteiger partial charge in [0.05, 0.1) is 5.92 Å². The van der Waals surface area contributed by atoms with E-state index in [-0.39, 0.29) is 35.0 Å². The zero-order valence-corrected chi connectivity index (χ0v) is 13.5. The smallest absolute Gasteiger partial charge is 0.231 e. The number of allylic oxidation sites excluding steroid dienone is 2. The molecule has 22 heavy (non-hydrogen) atoms. The number of carbonyl (C=O) groups is 2. The van der Waals surface area contributed by atoms with Crippen LogP contribution in [0.15, 0.2) is 42.5 Å². The van der Waals surface area contributed by atoms with Gasteiger partial charge in [-0.2, -0.15) is 0 Å². The van der Waals surface area contributed by atoms with Crippen LogP contribution in [0.4, 0.5) is 0 Å². The zero-order chi connectivity index (χ0) is 15.9. The Morgan fingerprint density at radius 1 is 1.14 bits per heavy atom. The zero-order valence-electron chi connectivity index (χ0n) is 13.5. The van der Waals surface area contributed by atoms with Crippen molar-refractivity contribution in [3.8, 4) is 0 Å². The maximum absolute atomic E-state index is 12.3. The van der Waals surface area contributed by atoms with Gasteiger partial charge in [-0.3, -0.25) is 9.59 Å². The van der Waals surface area contributed by atoms with Gasteiger partial charge in [-0.15, -0.1) is 0 Å². The van der Waals surface area contributed by atoms with Crippen molar-refractivity contribution in [2.24, 2.45) is 17.8 Å². The van der Waals surface area contributed by atoms with Crippen LogP contribution in [0.2, 0.25) is 0 Å². The Morgan fingerprint density at radius 3 is 2.50 bits per heavy atom. The number of benzene rings is 1. The quantitative estimate of drug-likeness (QED) is 0.486. The van der Waals surface area contributed by atoms with Crippen LogP contribution in [-0.4, -0.2) is 24.6 Å². The van der Waals surface area contributed by atoms with E-state index >= 15 is 0 Å². The average Bonchev–Trinajstić information content (AvgIpc) is 3.03. The minimum Gasteiger partial charge on any atom is -0.336 e. The fourth-order valence-electron chi connectivity index (χ4n) is 3.79. The van der Waals surface area contributed by atoms with E-state index in [9.17, 15) is 9.59 Å². The molecule has 0 N–H and O–H groups in total. The Balaban J connectivity index is 1.79. The predicted molar refractivity (Wildman–Crippen MR) is 88.7 cm³/mol. The molecule has 1 aromatic carbocycles. The van der Waals surface area contributed by atoms with E-state index in [0.717, 1.165) is 12.8 Å². The third-order valence-electron chi connectivity index (χ3n) is 5.25. The molecular weight excluding hydrogens is 273 g/mol. The first kappa shape index (κ1) is 15.1. The lowest BCUT2D eigenvalue weighted by Crippen LogP contribution is -2.29. The number of nitrogens with zero attached hydrogens (tertiary/aromatic N) is 1. The summed E-state index contributed by atoms with van der Waals surface area (Å²) in [7, 11) is 1.61. The highest BCUT2D eigenvalue weighted by atomic mass is 16.2. The number of fused-ring (bicyclic) bond motifs is 1. The Morgan fingerprint density at radius 2 is 1.82 bits per heavy atom. The summed E-state index contributed by atoms with van der Waals surface area (Å²) in [6, 6.07) is 10.4. The number of amides is 2. The molecule has 4 heteroatoms. The number of imide groups is 1. The molecule has 2 fully saturated rings. The van der Waals surface area contributed by atoms with Gasteiger partial charge in [0, 0.05) is 11.3 Å². The number of hydrogen-bond donors (Lipinski definition) is 0. The molecule has 3 atom stereocenters. The first-order chi connectivity index (χ1) is 10.4. The summed E-state index contributed by atoms with van der Waals surface area (Å²) in [6.45, 7) is 4.36. The normalized spacial score (nSPS) is 28.6. The summed E-state index contributed by atoms with van der Waals surface area (Å²) in [5.74, 6) is -0.0328. The molecule has 3 rings (SSSR count). The van der Waals surface area contributed by atoms with E-state index in [1.807, 2.05) is 18.2 Å². The van der Waals surface area contributed by atoms with Gasteiger partial charge in [-0.1, -0.05) is 56.3 Å². The maximum Gasteiger partial charge on any atom is 0.231 e. The standard InChI is InChI=1S/C18H22BNO2/c1-18(2,13-6-4-3-5-7-13)11-10-12-8-9-14-15(12)17(22)20(19)16(14)21/h3-7,10-12,14-15H,8-9,19H2,1-2H3/b11-10+. The molecule has 2 aliphatic rings. The van der Waals surface area contributed by atoms with E-state index in [0.29, 0.717) is 0 Å². The molecule has 1 saturated heterocycles. The van der Waals surface area contributed by atoms with Crippen LogP contribution in [0.25, 0.3) is 0 Å². The molecule has 2 amide bonds. The third-order valence-corrected chi connectivity index (χ3v) is 5.25.